The van der Waals surface area contributed by atoms with Gasteiger partial charge in [0.2, 0.25) is 0 Å². The van der Waals surface area contributed by atoms with Gasteiger partial charge in [-0.25, -0.2) is 4.79 Å². The maximum atomic E-state index is 12.3. The van der Waals surface area contributed by atoms with E-state index >= 15 is 0 Å². The fraction of sp³-hybridized carbons (Fsp3) is 0.846. The second-order valence-corrected chi connectivity index (χ2v) is 5.72. The quantitative estimate of drug-likeness (QED) is 0.807. The minimum atomic E-state index is -0.902. The molecule has 2 aliphatic rings. The van der Waals surface area contributed by atoms with Gasteiger partial charge in [0.15, 0.2) is 0 Å². The van der Waals surface area contributed by atoms with Crippen molar-refractivity contribution in [2.75, 3.05) is 19.8 Å². The Balaban J connectivity index is 1.96. The van der Waals surface area contributed by atoms with Crippen LogP contribution in [0.1, 0.15) is 39.0 Å². The number of nitrogens with one attached hydrogen (secondary N) is 1. The van der Waals surface area contributed by atoms with Gasteiger partial charge in [-0.3, -0.25) is 4.79 Å². The zero-order valence-corrected chi connectivity index (χ0v) is 11.4. The summed E-state index contributed by atoms with van der Waals surface area (Å²) in [5.41, 5.74) is -0.136. The molecule has 2 fully saturated rings. The number of hydrogen-bond donors (Lipinski definition) is 2. The van der Waals surface area contributed by atoms with Crippen molar-refractivity contribution in [1.29, 1.82) is 0 Å². The summed E-state index contributed by atoms with van der Waals surface area (Å²) in [5.74, 6) is -0.902. The molecule has 1 heterocycles. The van der Waals surface area contributed by atoms with Gasteiger partial charge < -0.3 is 20.1 Å². The topological polar surface area (TPSA) is 78.9 Å². The number of morpholine rings is 1. The molecule has 1 unspecified atom stereocenters. The molecule has 2 amide bonds. The average molecular weight is 270 g/mol. The van der Waals surface area contributed by atoms with Crippen LogP contribution < -0.4 is 5.32 Å². The molecule has 1 saturated heterocycles. The highest BCUT2D eigenvalue weighted by atomic mass is 16.5. The summed E-state index contributed by atoms with van der Waals surface area (Å²) in [6, 6.07) is -0.518. The van der Waals surface area contributed by atoms with Crippen LogP contribution in [-0.2, 0) is 9.53 Å². The Morgan fingerprint density at radius 3 is 2.74 bits per heavy atom. The number of carbonyl (C=O) groups excluding carboxylic acids is 1. The summed E-state index contributed by atoms with van der Waals surface area (Å²) in [4.78, 5) is 24.8. The molecule has 6 heteroatoms. The predicted octanol–water partition coefficient (Wildman–Crippen LogP) is 1.20. The van der Waals surface area contributed by atoms with Crippen LogP contribution in [-0.4, -0.2) is 53.3 Å². The molecular formula is C13H22N2O4. The molecule has 1 saturated carbocycles. The molecule has 0 bridgehead atoms. The number of ether oxygens (including phenoxy) is 1. The van der Waals surface area contributed by atoms with Crippen molar-refractivity contribution >= 4 is 12.0 Å². The predicted molar refractivity (Wildman–Crippen MR) is 69.0 cm³/mol. The fourth-order valence-electron chi connectivity index (χ4n) is 2.90. The Bertz CT molecular complexity index is 353. The third-order valence-corrected chi connectivity index (χ3v) is 4.01. The van der Waals surface area contributed by atoms with Crippen molar-refractivity contribution in [3.8, 4) is 0 Å². The fourth-order valence-corrected chi connectivity index (χ4v) is 2.90. The Morgan fingerprint density at radius 2 is 2.11 bits per heavy atom. The Kier molecular flexibility index (Phi) is 4.29. The maximum Gasteiger partial charge on any atom is 0.318 e. The minimum absolute atomic E-state index is 0.0653. The molecule has 0 aromatic rings. The second kappa shape index (κ2) is 5.77. The highest BCUT2D eigenvalue weighted by molar-refractivity contribution is 5.77. The van der Waals surface area contributed by atoms with Crippen molar-refractivity contribution < 1.29 is 19.4 Å². The minimum Gasteiger partial charge on any atom is -0.481 e. The number of carboxylic acids is 1. The van der Waals surface area contributed by atoms with Gasteiger partial charge in [0.25, 0.3) is 0 Å². The van der Waals surface area contributed by atoms with Gasteiger partial charge in [0, 0.05) is 12.1 Å². The van der Waals surface area contributed by atoms with E-state index < -0.39 is 5.97 Å². The number of amides is 2. The summed E-state index contributed by atoms with van der Waals surface area (Å²) in [6.45, 7) is 3.29. The summed E-state index contributed by atoms with van der Waals surface area (Å²) in [6.07, 6.45) is 4.19. The Hall–Kier alpha value is -1.30. The second-order valence-electron chi connectivity index (χ2n) is 5.72. The molecule has 0 aromatic carbocycles. The van der Waals surface area contributed by atoms with Gasteiger partial charge in [-0.15, -0.1) is 0 Å². The largest absolute Gasteiger partial charge is 0.481 e. The van der Waals surface area contributed by atoms with Gasteiger partial charge in [0.05, 0.1) is 25.7 Å². The molecule has 2 rings (SSSR count). The van der Waals surface area contributed by atoms with Crippen molar-refractivity contribution in [3.05, 3.63) is 0 Å². The van der Waals surface area contributed by atoms with E-state index in [1.165, 1.54) is 0 Å². The first-order chi connectivity index (χ1) is 9.00. The molecule has 1 aliphatic heterocycles. The molecule has 2 N–H and O–H groups in total. The number of nitrogens with zero attached hydrogens (tertiary/aromatic N) is 1. The van der Waals surface area contributed by atoms with Gasteiger partial charge in [-0.2, -0.15) is 0 Å². The van der Waals surface area contributed by atoms with E-state index in [1.54, 1.807) is 4.90 Å². The van der Waals surface area contributed by atoms with E-state index in [-0.39, 0.29) is 24.0 Å². The number of carbonyl (C=O) groups is 2. The highest BCUT2D eigenvalue weighted by Crippen LogP contribution is 2.29. The standard InChI is InChI=1S/C13H22N2O4/c1-13(4-2-3-5-13)14-12(18)15-6-7-19-9-10(15)8-11(16)17/h10H,2-9H2,1H3,(H,14,18)(H,16,17). The van der Waals surface area contributed by atoms with Crippen molar-refractivity contribution in [3.63, 3.8) is 0 Å². The van der Waals surface area contributed by atoms with Crippen molar-refractivity contribution in [2.45, 2.75) is 50.6 Å². The molecule has 108 valence electrons. The van der Waals surface area contributed by atoms with E-state index in [1.807, 2.05) is 0 Å². The lowest BCUT2D eigenvalue weighted by molar-refractivity contribution is -0.139. The average Bonchev–Trinajstić information content (AvgIpc) is 2.75. The molecule has 1 aliphatic carbocycles. The van der Waals surface area contributed by atoms with Gasteiger partial charge in [-0.05, 0) is 19.8 Å². The molecule has 0 radical (unpaired) electrons. The lowest BCUT2D eigenvalue weighted by atomic mass is 10.0. The zero-order chi connectivity index (χ0) is 13.9. The number of hydrogen-bond acceptors (Lipinski definition) is 3. The van der Waals surface area contributed by atoms with Crippen LogP contribution >= 0.6 is 0 Å². The highest BCUT2D eigenvalue weighted by Gasteiger charge is 2.35. The Labute approximate surface area is 113 Å². The first-order valence-corrected chi connectivity index (χ1v) is 6.88. The van der Waals surface area contributed by atoms with Crippen LogP contribution in [0.5, 0.6) is 0 Å². The number of rotatable bonds is 3. The van der Waals surface area contributed by atoms with E-state index in [4.69, 9.17) is 9.84 Å². The number of aliphatic carboxylic acids is 1. The maximum absolute atomic E-state index is 12.3. The van der Waals surface area contributed by atoms with Crippen LogP contribution in [0.25, 0.3) is 0 Å². The summed E-state index contributed by atoms with van der Waals surface area (Å²) in [7, 11) is 0. The summed E-state index contributed by atoms with van der Waals surface area (Å²) in [5, 5.41) is 12.0. The molecule has 0 aromatic heterocycles. The monoisotopic (exact) mass is 270 g/mol. The first-order valence-electron chi connectivity index (χ1n) is 6.88. The molecular weight excluding hydrogens is 248 g/mol. The van der Waals surface area contributed by atoms with Crippen molar-refractivity contribution in [1.82, 2.24) is 10.2 Å². The smallest absolute Gasteiger partial charge is 0.318 e. The van der Waals surface area contributed by atoms with E-state index in [0.717, 1.165) is 25.7 Å². The van der Waals surface area contributed by atoms with Gasteiger partial charge >= 0.3 is 12.0 Å². The SMILES string of the molecule is CC1(NC(=O)N2CCOCC2CC(=O)O)CCCC1. The molecule has 0 spiro atoms. The molecule has 19 heavy (non-hydrogen) atoms. The van der Waals surface area contributed by atoms with Crippen LogP contribution in [0.3, 0.4) is 0 Å². The van der Waals surface area contributed by atoms with E-state index in [0.29, 0.717) is 19.8 Å². The van der Waals surface area contributed by atoms with Crippen LogP contribution in [0.2, 0.25) is 0 Å². The third-order valence-electron chi connectivity index (χ3n) is 4.01. The number of urea groups is 1. The van der Waals surface area contributed by atoms with Gasteiger partial charge in [0.1, 0.15) is 0 Å². The lowest BCUT2D eigenvalue weighted by Crippen LogP contribution is -2.57. The molecule has 6 nitrogen and oxygen atoms in total. The van der Waals surface area contributed by atoms with Crippen LogP contribution in [0, 0.1) is 0 Å². The van der Waals surface area contributed by atoms with Crippen LogP contribution in [0.4, 0.5) is 4.79 Å². The van der Waals surface area contributed by atoms with E-state index in [9.17, 15) is 9.59 Å². The first kappa shape index (κ1) is 14.1. The summed E-state index contributed by atoms with van der Waals surface area (Å²) < 4.78 is 5.27. The number of carboxylic acid groups (broad SMARTS) is 1. The normalized spacial score (nSPS) is 26.2. The third kappa shape index (κ3) is 3.59. The van der Waals surface area contributed by atoms with Crippen LogP contribution in [0.15, 0.2) is 0 Å². The lowest BCUT2D eigenvalue weighted by Gasteiger charge is -2.37. The van der Waals surface area contributed by atoms with Crippen molar-refractivity contribution in [2.24, 2.45) is 0 Å². The zero-order valence-electron chi connectivity index (χ0n) is 11.4. The molecule has 1 atom stereocenters. The van der Waals surface area contributed by atoms with E-state index in [2.05, 4.69) is 12.2 Å². The Morgan fingerprint density at radius 1 is 1.42 bits per heavy atom. The summed E-state index contributed by atoms with van der Waals surface area (Å²) >= 11 is 0. The van der Waals surface area contributed by atoms with Gasteiger partial charge in [-0.1, -0.05) is 12.8 Å².